The van der Waals surface area contributed by atoms with Crippen molar-refractivity contribution in [2.24, 2.45) is 5.92 Å². The van der Waals surface area contributed by atoms with Crippen LogP contribution < -0.4 is 10.6 Å². The van der Waals surface area contributed by atoms with Crippen molar-refractivity contribution in [1.29, 1.82) is 0 Å². The molecule has 7 nitrogen and oxygen atoms in total. The molecule has 7 heteroatoms. The molecule has 0 bridgehead atoms. The molecular formula is C25H29N5O2. The number of benzene rings is 1. The summed E-state index contributed by atoms with van der Waals surface area (Å²) >= 11 is 0. The Bertz CT molecular complexity index is 1160. The number of hydrogen-bond acceptors (Lipinski definition) is 5. The van der Waals surface area contributed by atoms with Gasteiger partial charge in [-0.25, -0.2) is 9.97 Å². The van der Waals surface area contributed by atoms with Gasteiger partial charge in [0.1, 0.15) is 0 Å². The first-order chi connectivity index (χ1) is 15.6. The van der Waals surface area contributed by atoms with E-state index in [4.69, 9.17) is 9.72 Å². The van der Waals surface area contributed by atoms with Gasteiger partial charge in [-0.1, -0.05) is 32.1 Å². The summed E-state index contributed by atoms with van der Waals surface area (Å²) in [6, 6.07) is 8.09. The standard InChI is InChI=1S/C25H29N5O2/c1-16(2)13-26-23-24-27-14-22(30(24)15-21(29-23)17-9-11-32-12-10-17)18-3-5-19(6-4-18)25(31)28-20-7-8-20/h3-6,9,14-16,20H,7-8,10-13H2,1-2H3,(H,26,29)(H,28,31). The van der Waals surface area contributed by atoms with Crippen LogP contribution in [0.15, 0.2) is 42.7 Å². The van der Waals surface area contributed by atoms with Gasteiger partial charge in [-0.2, -0.15) is 0 Å². The monoisotopic (exact) mass is 431 g/mol. The molecule has 0 spiro atoms. The number of nitrogens with zero attached hydrogens (tertiary/aromatic N) is 3. The molecule has 1 fully saturated rings. The molecule has 1 saturated carbocycles. The van der Waals surface area contributed by atoms with Gasteiger partial charge in [0.25, 0.3) is 5.91 Å². The number of carbonyl (C=O) groups excluding carboxylic acids is 1. The number of aromatic nitrogens is 3. The minimum atomic E-state index is -0.00435. The van der Waals surface area contributed by atoms with E-state index in [-0.39, 0.29) is 5.91 Å². The van der Waals surface area contributed by atoms with Crippen molar-refractivity contribution in [2.75, 3.05) is 25.1 Å². The Hall–Kier alpha value is -3.19. The highest BCUT2D eigenvalue weighted by Crippen LogP contribution is 2.28. The Balaban J connectivity index is 1.52. The van der Waals surface area contributed by atoms with Crippen molar-refractivity contribution in [3.8, 4) is 11.3 Å². The molecule has 2 N–H and O–H groups in total. The second-order valence-electron chi connectivity index (χ2n) is 8.97. The zero-order valence-electron chi connectivity index (χ0n) is 18.6. The lowest BCUT2D eigenvalue weighted by Gasteiger charge is -2.16. The number of anilines is 1. The summed E-state index contributed by atoms with van der Waals surface area (Å²) in [4.78, 5) is 21.9. The third-order valence-electron chi connectivity index (χ3n) is 5.82. The molecule has 2 aromatic heterocycles. The summed E-state index contributed by atoms with van der Waals surface area (Å²) in [6.07, 6.45) is 9.04. The van der Waals surface area contributed by atoms with Crippen LogP contribution in [0.2, 0.25) is 0 Å². The van der Waals surface area contributed by atoms with Gasteiger partial charge in [0, 0.05) is 29.9 Å². The fourth-order valence-electron chi connectivity index (χ4n) is 3.82. The van der Waals surface area contributed by atoms with Crippen molar-refractivity contribution in [1.82, 2.24) is 19.7 Å². The highest BCUT2D eigenvalue weighted by molar-refractivity contribution is 5.95. The molecular weight excluding hydrogens is 402 g/mol. The van der Waals surface area contributed by atoms with Crippen LogP contribution in [-0.4, -0.2) is 46.1 Å². The lowest BCUT2D eigenvalue weighted by Crippen LogP contribution is -2.25. The van der Waals surface area contributed by atoms with Crippen LogP contribution in [-0.2, 0) is 4.74 Å². The maximum Gasteiger partial charge on any atom is 0.251 e. The van der Waals surface area contributed by atoms with Crippen LogP contribution in [0.3, 0.4) is 0 Å². The summed E-state index contributed by atoms with van der Waals surface area (Å²) in [6.45, 7) is 6.49. The number of hydrogen-bond donors (Lipinski definition) is 2. The largest absolute Gasteiger partial charge is 0.377 e. The lowest BCUT2D eigenvalue weighted by atomic mass is 10.1. The number of ether oxygens (including phenoxy) is 1. The molecule has 1 amide bonds. The third-order valence-corrected chi connectivity index (χ3v) is 5.82. The number of carbonyl (C=O) groups is 1. The van der Waals surface area contributed by atoms with Crippen molar-refractivity contribution >= 4 is 22.9 Å². The van der Waals surface area contributed by atoms with Crippen LogP contribution in [0.1, 0.15) is 49.2 Å². The van der Waals surface area contributed by atoms with E-state index in [1.54, 1.807) is 0 Å². The number of imidazole rings is 1. The zero-order valence-corrected chi connectivity index (χ0v) is 18.6. The highest BCUT2D eigenvalue weighted by atomic mass is 16.5. The van der Waals surface area contributed by atoms with Crippen LogP contribution in [0.25, 0.3) is 22.5 Å². The Labute approximate surface area is 187 Å². The summed E-state index contributed by atoms with van der Waals surface area (Å²) in [5.74, 6) is 1.28. The van der Waals surface area contributed by atoms with Crippen molar-refractivity contribution in [2.45, 2.75) is 39.2 Å². The predicted molar refractivity (Wildman–Crippen MR) is 126 cm³/mol. The first-order valence-corrected chi connectivity index (χ1v) is 11.4. The van der Waals surface area contributed by atoms with E-state index < -0.39 is 0 Å². The average Bonchev–Trinajstić information content (AvgIpc) is 3.53. The second kappa shape index (κ2) is 8.74. The van der Waals surface area contributed by atoms with Crippen molar-refractivity contribution in [3.05, 3.63) is 54.0 Å². The lowest BCUT2D eigenvalue weighted by molar-refractivity contribution is 0.0951. The van der Waals surface area contributed by atoms with Crippen molar-refractivity contribution < 1.29 is 9.53 Å². The van der Waals surface area contributed by atoms with Crippen molar-refractivity contribution in [3.63, 3.8) is 0 Å². The molecule has 1 aromatic carbocycles. The normalized spacial score (nSPS) is 16.3. The van der Waals surface area contributed by atoms with Crippen LogP contribution in [0, 0.1) is 5.92 Å². The average molecular weight is 432 g/mol. The highest BCUT2D eigenvalue weighted by Gasteiger charge is 2.24. The minimum absolute atomic E-state index is 0.00435. The van der Waals surface area contributed by atoms with E-state index in [2.05, 4.69) is 46.1 Å². The molecule has 166 valence electrons. The fraction of sp³-hybridized carbons (Fsp3) is 0.400. The van der Waals surface area contributed by atoms with E-state index >= 15 is 0 Å². The molecule has 32 heavy (non-hydrogen) atoms. The molecule has 3 aromatic rings. The van der Waals surface area contributed by atoms with Gasteiger partial charge < -0.3 is 15.4 Å². The van der Waals surface area contributed by atoms with Gasteiger partial charge in [-0.15, -0.1) is 0 Å². The molecule has 0 unspecified atom stereocenters. The molecule has 3 heterocycles. The first kappa shape index (κ1) is 20.7. The van der Waals surface area contributed by atoms with Gasteiger partial charge >= 0.3 is 0 Å². The fourth-order valence-corrected chi connectivity index (χ4v) is 3.82. The smallest absolute Gasteiger partial charge is 0.251 e. The summed E-state index contributed by atoms with van der Waals surface area (Å²) < 4.78 is 7.58. The quantitative estimate of drug-likeness (QED) is 0.587. The van der Waals surface area contributed by atoms with Gasteiger partial charge in [0.05, 0.1) is 30.8 Å². The van der Waals surface area contributed by atoms with Gasteiger partial charge in [0.2, 0.25) is 0 Å². The number of rotatable bonds is 7. The second-order valence-corrected chi connectivity index (χ2v) is 8.97. The molecule has 2 aliphatic rings. The third kappa shape index (κ3) is 4.39. The number of fused-ring (bicyclic) bond motifs is 1. The van der Waals surface area contributed by atoms with Gasteiger partial charge in [0.15, 0.2) is 11.5 Å². The molecule has 0 saturated heterocycles. The number of amides is 1. The first-order valence-electron chi connectivity index (χ1n) is 11.4. The van der Waals surface area contributed by atoms with Gasteiger partial charge in [-0.3, -0.25) is 9.20 Å². The van der Waals surface area contributed by atoms with E-state index in [0.29, 0.717) is 30.7 Å². The molecule has 5 rings (SSSR count). The SMILES string of the molecule is CC(C)CNc1nc(C2=CCOCC2)cn2c(-c3ccc(C(=O)NC4CC4)cc3)cnc12. The van der Waals surface area contributed by atoms with E-state index in [0.717, 1.165) is 54.2 Å². The summed E-state index contributed by atoms with van der Waals surface area (Å²) in [5.41, 5.74) is 5.59. The molecule has 1 aliphatic carbocycles. The molecule has 0 atom stereocenters. The Morgan fingerprint density at radius 3 is 2.75 bits per heavy atom. The molecule has 0 radical (unpaired) electrons. The van der Waals surface area contributed by atoms with E-state index in [1.165, 1.54) is 5.57 Å². The van der Waals surface area contributed by atoms with E-state index in [9.17, 15) is 4.79 Å². The minimum Gasteiger partial charge on any atom is -0.377 e. The summed E-state index contributed by atoms with van der Waals surface area (Å²) in [7, 11) is 0. The van der Waals surface area contributed by atoms with Crippen LogP contribution >= 0.6 is 0 Å². The number of nitrogens with one attached hydrogen (secondary N) is 2. The van der Waals surface area contributed by atoms with Crippen LogP contribution in [0.5, 0.6) is 0 Å². The zero-order chi connectivity index (χ0) is 22.1. The Morgan fingerprint density at radius 1 is 1.25 bits per heavy atom. The topological polar surface area (TPSA) is 80.5 Å². The summed E-state index contributed by atoms with van der Waals surface area (Å²) in [5, 5.41) is 6.51. The predicted octanol–water partition coefficient (Wildman–Crippen LogP) is 4.16. The maximum atomic E-state index is 12.3. The van der Waals surface area contributed by atoms with E-state index in [1.807, 2.05) is 30.5 Å². The molecule has 1 aliphatic heterocycles. The maximum absolute atomic E-state index is 12.3. The van der Waals surface area contributed by atoms with Gasteiger partial charge in [-0.05, 0) is 42.9 Å². The Kier molecular flexibility index (Phi) is 5.66. The Morgan fingerprint density at radius 2 is 2.06 bits per heavy atom. The van der Waals surface area contributed by atoms with Crippen LogP contribution in [0.4, 0.5) is 5.82 Å².